The van der Waals surface area contributed by atoms with Gasteiger partial charge < -0.3 is 10.6 Å². The fourth-order valence-corrected chi connectivity index (χ4v) is 2.04. The normalized spacial score (nSPS) is 11.8. The highest BCUT2D eigenvalue weighted by Crippen LogP contribution is 2.21. The van der Waals surface area contributed by atoms with Crippen LogP contribution < -0.4 is 10.6 Å². The molecule has 0 aliphatic rings. The minimum absolute atomic E-state index is 0.272. The Morgan fingerprint density at radius 1 is 1.32 bits per heavy atom. The summed E-state index contributed by atoms with van der Waals surface area (Å²) in [5.41, 5.74) is 0.861. The van der Waals surface area contributed by atoms with Gasteiger partial charge in [0, 0.05) is 12.1 Å². The van der Waals surface area contributed by atoms with E-state index >= 15 is 0 Å². The fourth-order valence-electron chi connectivity index (χ4n) is 1.86. The van der Waals surface area contributed by atoms with E-state index in [0.29, 0.717) is 28.0 Å². The maximum Gasteiger partial charge on any atom is 0.274 e. The molecule has 0 aliphatic heterocycles. The number of anilines is 2. The Hall–Kier alpha value is -2.14. The molecular weight excluding hydrogens is 300 g/mol. The number of aromatic nitrogens is 2. The molecule has 1 aromatic carbocycles. The zero-order valence-corrected chi connectivity index (χ0v) is 13.6. The summed E-state index contributed by atoms with van der Waals surface area (Å²) in [6.45, 7) is 5.89. The number of hydrogen-bond donors (Lipinski definition) is 2. The Morgan fingerprint density at radius 3 is 2.73 bits per heavy atom. The Balaban J connectivity index is 2.21. The Kier molecular flexibility index (Phi) is 5.33. The Labute approximate surface area is 135 Å². The van der Waals surface area contributed by atoms with Gasteiger partial charge in [-0.25, -0.2) is 9.97 Å². The molecule has 5 nitrogen and oxygen atoms in total. The van der Waals surface area contributed by atoms with Gasteiger partial charge in [0.1, 0.15) is 17.3 Å². The SMILES string of the molecule is CCC(C)Nc1cc(C(=O)Nc2ccccc2Cl)nc(C)n1. The van der Waals surface area contributed by atoms with Crippen LogP contribution >= 0.6 is 11.6 Å². The van der Waals surface area contributed by atoms with Gasteiger partial charge in [0.15, 0.2) is 0 Å². The van der Waals surface area contributed by atoms with E-state index in [4.69, 9.17) is 11.6 Å². The maximum absolute atomic E-state index is 12.3. The zero-order chi connectivity index (χ0) is 16.1. The monoisotopic (exact) mass is 318 g/mol. The summed E-state index contributed by atoms with van der Waals surface area (Å²) in [4.78, 5) is 20.8. The van der Waals surface area contributed by atoms with Crippen molar-refractivity contribution in [2.45, 2.75) is 33.2 Å². The molecule has 2 aromatic rings. The molecule has 22 heavy (non-hydrogen) atoms. The van der Waals surface area contributed by atoms with Crippen molar-refractivity contribution >= 4 is 29.0 Å². The van der Waals surface area contributed by atoms with Crippen LogP contribution in [0, 0.1) is 6.92 Å². The molecule has 0 saturated carbocycles. The van der Waals surface area contributed by atoms with E-state index in [1.807, 2.05) is 6.07 Å². The van der Waals surface area contributed by atoms with Crippen molar-refractivity contribution in [3.63, 3.8) is 0 Å². The van der Waals surface area contributed by atoms with Gasteiger partial charge in [0.2, 0.25) is 0 Å². The van der Waals surface area contributed by atoms with Crippen molar-refractivity contribution in [2.24, 2.45) is 0 Å². The third kappa shape index (κ3) is 4.18. The minimum Gasteiger partial charge on any atom is -0.368 e. The Morgan fingerprint density at radius 2 is 2.05 bits per heavy atom. The second-order valence-corrected chi connectivity index (χ2v) is 5.48. The largest absolute Gasteiger partial charge is 0.368 e. The topological polar surface area (TPSA) is 66.9 Å². The highest BCUT2D eigenvalue weighted by molar-refractivity contribution is 6.33. The second-order valence-electron chi connectivity index (χ2n) is 5.07. The first-order chi connectivity index (χ1) is 10.5. The van der Waals surface area contributed by atoms with Crippen molar-refractivity contribution in [3.8, 4) is 0 Å². The fraction of sp³-hybridized carbons (Fsp3) is 0.312. The van der Waals surface area contributed by atoms with E-state index in [-0.39, 0.29) is 11.9 Å². The first-order valence-electron chi connectivity index (χ1n) is 7.17. The van der Waals surface area contributed by atoms with Crippen LogP contribution in [0.2, 0.25) is 5.02 Å². The van der Waals surface area contributed by atoms with Crippen LogP contribution in [0.1, 0.15) is 36.6 Å². The number of carbonyl (C=O) groups is 1. The number of nitrogens with zero attached hydrogens (tertiary/aromatic N) is 2. The number of hydrogen-bond acceptors (Lipinski definition) is 4. The van der Waals surface area contributed by atoms with Gasteiger partial charge in [0.05, 0.1) is 10.7 Å². The molecule has 116 valence electrons. The molecule has 1 atom stereocenters. The Bertz CT molecular complexity index is 675. The number of para-hydroxylation sites is 1. The van der Waals surface area contributed by atoms with Crippen LogP contribution in [0.3, 0.4) is 0 Å². The lowest BCUT2D eigenvalue weighted by molar-refractivity contribution is 0.102. The number of rotatable bonds is 5. The summed E-state index contributed by atoms with van der Waals surface area (Å²) in [6.07, 6.45) is 0.963. The summed E-state index contributed by atoms with van der Waals surface area (Å²) in [7, 11) is 0. The first kappa shape index (κ1) is 16.2. The van der Waals surface area contributed by atoms with Crippen LogP contribution in [-0.2, 0) is 0 Å². The zero-order valence-electron chi connectivity index (χ0n) is 12.9. The molecule has 2 rings (SSSR count). The first-order valence-corrected chi connectivity index (χ1v) is 7.55. The van der Waals surface area contributed by atoms with E-state index < -0.39 is 0 Å². The highest BCUT2D eigenvalue weighted by atomic mass is 35.5. The van der Waals surface area contributed by atoms with E-state index in [0.717, 1.165) is 6.42 Å². The summed E-state index contributed by atoms with van der Waals surface area (Å²) < 4.78 is 0. The number of halogens is 1. The number of aryl methyl sites for hydroxylation is 1. The van der Waals surface area contributed by atoms with Gasteiger partial charge in [-0.1, -0.05) is 30.7 Å². The quantitative estimate of drug-likeness (QED) is 0.877. The molecule has 1 unspecified atom stereocenters. The van der Waals surface area contributed by atoms with Crippen molar-refractivity contribution in [1.82, 2.24) is 9.97 Å². The molecule has 0 saturated heterocycles. The molecule has 0 radical (unpaired) electrons. The molecule has 0 fully saturated rings. The molecule has 1 heterocycles. The van der Waals surface area contributed by atoms with E-state index in [1.165, 1.54) is 0 Å². The van der Waals surface area contributed by atoms with Gasteiger partial charge in [-0.3, -0.25) is 4.79 Å². The van der Waals surface area contributed by atoms with Gasteiger partial charge in [-0.15, -0.1) is 0 Å². The van der Waals surface area contributed by atoms with E-state index in [1.54, 1.807) is 31.2 Å². The lowest BCUT2D eigenvalue weighted by Crippen LogP contribution is -2.18. The van der Waals surface area contributed by atoms with Gasteiger partial charge in [0.25, 0.3) is 5.91 Å². The van der Waals surface area contributed by atoms with Crippen LogP contribution in [0.25, 0.3) is 0 Å². The average molecular weight is 319 g/mol. The summed E-state index contributed by atoms with van der Waals surface area (Å²) >= 11 is 6.05. The van der Waals surface area contributed by atoms with Crippen molar-refractivity contribution < 1.29 is 4.79 Å². The predicted molar refractivity (Wildman–Crippen MR) is 89.5 cm³/mol. The van der Waals surface area contributed by atoms with Crippen molar-refractivity contribution in [2.75, 3.05) is 10.6 Å². The smallest absolute Gasteiger partial charge is 0.274 e. The van der Waals surface area contributed by atoms with Crippen molar-refractivity contribution in [1.29, 1.82) is 0 Å². The number of carbonyl (C=O) groups excluding carboxylic acids is 1. The predicted octanol–water partition coefficient (Wildman–Crippen LogP) is 3.90. The third-order valence-corrected chi connectivity index (χ3v) is 3.53. The minimum atomic E-state index is -0.314. The molecule has 0 spiro atoms. The maximum atomic E-state index is 12.3. The summed E-state index contributed by atoms with van der Waals surface area (Å²) in [6, 6.07) is 8.99. The summed E-state index contributed by atoms with van der Waals surface area (Å²) in [5.74, 6) is 0.870. The van der Waals surface area contributed by atoms with Crippen LogP contribution in [0.5, 0.6) is 0 Å². The standard InChI is InChI=1S/C16H19ClN4O/c1-4-10(2)18-15-9-14(19-11(3)20-15)16(22)21-13-8-6-5-7-12(13)17/h5-10H,4H2,1-3H3,(H,21,22)(H,18,19,20). The van der Waals surface area contributed by atoms with Crippen LogP contribution in [0.15, 0.2) is 30.3 Å². The van der Waals surface area contributed by atoms with Gasteiger partial charge in [-0.05, 0) is 32.4 Å². The number of amides is 1. The molecule has 6 heteroatoms. The molecule has 0 bridgehead atoms. The third-order valence-electron chi connectivity index (χ3n) is 3.20. The van der Waals surface area contributed by atoms with Crippen molar-refractivity contribution in [3.05, 3.63) is 46.9 Å². The second kappa shape index (κ2) is 7.22. The van der Waals surface area contributed by atoms with E-state index in [9.17, 15) is 4.79 Å². The summed E-state index contributed by atoms with van der Waals surface area (Å²) in [5, 5.41) is 6.49. The molecule has 1 amide bonds. The number of nitrogens with one attached hydrogen (secondary N) is 2. The van der Waals surface area contributed by atoms with Crippen LogP contribution in [-0.4, -0.2) is 21.9 Å². The molecular formula is C16H19ClN4O. The van der Waals surface area contributed by atoms with Gasteiger partial charge in [-0.2, -0.15) is 0 Å². The molecule has 2 N–H and O–H groups in total. The number of benzene rings is 1. The molecule has 1 aromatic heterocycles. The average Bonchev–Trinajstić information content (AvgIpc) is 2.48. The van der Waals surface area contributed by atoms with Gasteiger partial charge >= 0.3 is 0 Å². The van der Waals surface area contributed by atoms with E-state index in [2.05, 4.69) is 34.4 Å². The van der Waals surface area contributed by atoms with Crippen LogP contribution in [0.4, 0.5) is 11.5 Å². The lowest BCUT2D eigenvalue weighted by Gasteiger charge is -2.13. The lowest BCUT2D eigenvalue weighted by atomic mass is 10.2. The molecule has 0 aliphatic carbocycles. The highest BCUT2D eigenvalue weighted by Gasteiger charge is 2.13.